The van der Waals surface area contributed by atoms with Gasteiger partial charge in [0, 0.05) is 11.3 Å². The molecule has 0 radical (unpaired) electrons. The van der Waals surface area contributed by atoms with Gasteiger partial charge in [0.15, 0.2) is 21.9 Å². The van der Waals surface area contributed by atoms with E-state index in [9.17, 15) is 4.79 Å². The smallest absolute Gasteiger partial charge is 0.291 e. The fourth-order valence-corrected chi connectivity index (χ4v) is 3.24. The quantitative estimate of drug-likeness (QED) is 0.445. The molecule has 30 heavy (non-hydrogen) atoms. The molecule has 8 nitrogen and oxygen atoms in total. The molecule has 2 heterocycles. The Labute approximate surface area is 180 Å². The molecule has 0 aliphatic rings. The number of carbonyl (C=O) groups is 1. The van der Waals surface area contributed by atoms with E-state index in [0.29, 0.717) is 21.9 Å². The van der Waals surface area contributed by atoms with Crippen LogP contribution in [0.5, 0.6) is 11.5 Å². The Balaban J connectivity index is 1.57. The van der Waals surface area contributed by atoms with Gasteiger partial charge in [0.2, 0.25) is 0 Å². The summed E-state index contributed by atoms with van der Waals surface area (Å²) in [6.07, 6.45) is 1.67. The Morgan fingerprint density at radius 2 is 1.80 bits per heavy atom. The normalized spacial score (nSPS) is 10.6. The van der Waals surface area contributed by atoms with Gasteiger partial charge in [-0.25, -0.2) is 4.68 Å². The Hall–Kier alpha value is -3.59. The van der Waals surface area contributed by atoms with Gasteiger partial charge in [-0.3, -0.25) is 4.79 Å². The van der Waals surface area contributed by atoms with Crippen molar-refractivity contribution < 1.29 is 18.7 Å². The summed E-state index contributed by atoms with van der Waals surface area (Å²) in [6.45, 7) is 0. The van der Waals surface area contributed by atoms with Gasteiger partial charge in [-0.2, -0.15) is 0 Å². The highest BCUT2D eigenvalue weighted by Gasteiger charge is 2.14. The average molecular weight is 469 g/mol. The van der Waals surface area contributed by atoms with Crippen LogP contribution in [0.25, 0.3) is 16.9 Å². The molecule has 2 aromatic carbocycles. The third kappa shape index (κ3) is 3.92. The molecule has 0 aliphatic heterocycles. The van der Waals surface area contributed by atoms with E-state index in [2.05, 4.69) is 31.6 Å². The minimum absolute atomic E-state index is 0.220. The predicted molar refractivity (Wildman–Crippen MR) is 114 cm³/mol. The molecule has 4 aromatic rings. The van der Waals surface area contributed by atoms with E-state index in [0.717, 1.165) is 16.9 Å². The lowest BCUT2D eigenvalue weighted by Crippen LogP contribution is -2.10. The summed E-state index contributed by atoms with van der Waals surface area (Å²) in [5.74, 6) is 1.15. The van der Waals surface area contributed by atoms with E-state index in [1.165, 1.54) is 0 Å². The van der Waals surface area contributed by atoms with E-state index in [1.807, 2.05) is 30.3 Å². The number of benzene rings is 2. The predicted octanol–water partition coefficient (Wildman–Crippen LogP) is 4.56. The summed E-state index contributed by atoms with van der Waals surface area (Å²) >= 11 is 3.18. The van der Waals surface area contributed by atoms with Gasteiger partial charge in [0.05, 0.1) is 31.8 Å². The van der Waals surface area contributed by atoms with Crippen LogP contribution in [0.1, 0.15) is 10.6 Å². The Morgan fingerprint density at radius 1 is 1.03 bits per heavy atom. The molecular weight excluding hydrogens is 452 g/mol. The van der Waals surface area contributed by atoms with Crippen molar-refractivity contribution in [3.63, 3.8) is 0 Å². The number of aromatic nitrogens is 3. The van der Waals surface area contributed by atoms with Crippen LogP contribution in [0, 0.1) is 0 Å². The molecular formula is C21H17BrN4O4. The topological polar surface area (TPSA) is 91.4 Å². The second-order valence-corrected chi connectivity index (χ2v) is 6.99. The number of amides is 1. The summed E-state index contributed by atoms with van der Waals surface area (Å²) in [6, 6.07) is 16.1. The third-order valence-electron chi connectivity index (χ3n) is 4.40. The SMILES string of the molecule is COc1ccc(-c2cnnn2-c2ccc(NC(=O)c3ccc(Br)o3)cc2)cc1OC. The Kier molecular flexibility index (Phi) is 5.53. The summed E-state index contributed by atoms with van der Waals surface area (Å²) in [7, 11) is 3.18. The molecule has 1 amide bonds. The zero-order chi connectivity index (χ0) is 21.1. The molecule has 0 spiro atoms. The first-order chi connectivity index (χ1) is 14.6. The monoisotopic (exact) mass is 468 g/mol. The molecule has 0 bridgehead atoms. The lowest BCUT2D eigenvalue weighted by Gasteiger charge is -2.11. The van der Waals surface area contributed by atoms with Crippen molar-refractivity contribution in [2.45, 2.75) is 0 Å². The first-order valence-corrected chi connectivity index (χ1v) is 9.68. The van der Waals surface area contributed by atoms with Crippen molar-refractivity contribution in [2.24, 2.45) is 0 Å². The maximum Gasteiger partial charge on any atom is 0.291 e. The van der Waals surface area contributed by atoms with E-state index in [-0.39, 0.29) is 11.7 Å². The second kappa shape index (κ2) is 8.42. The molecule has 9 heteroatoms. The third-order valence-corrected chi connectivity index (χ3v) is 4.82. The fourth-order valence-electron chi connectivity index (χ4n) is 2.93. The largest absolute Gasteiger partial charge is 0.493 e. The summed E-state index contributed by atoms with van der Waals surface area (Å²) < 4.78 is 18.1. The van der Waals surface area contributed by atoms with Gasteiger partial charge >= 0.3 is 0 Å². The zero-order valence-electron chi connectivity index (χ0n) is 16.1. The van der Waals surface area contributed by atoms with Crippen molar-refractivity contribution in [3.8, 4) is 28.4 Å². The van der Waals surface area contributed by atoms with Crippen LogP contribution in [0.3, 0.4) is 0 Å². The van der Waals surface area contributed by atoms with Gasteiger partial charge in [-0.1, -0.05) is 5.21 Å². The Morgan fingerprint density at radius 3 is 2.47 bits per heavy atom. The molecule has 152 valence electrons. The van der Waals surface area contributed by atoms with E-state index >= 15 is 0 Å². The van der Waals surface area contributed by atoms with Crippen LogP contribution < -0.4 is 14.8 Å². The van der Waals surface area contributed by atoms with Gasteiger partial charge in [-0.15, -0.1) is 5.10 Å². The molecule has 0 saturated heterocycles. The number of anilines is 1. The van der Waals surface area contributed by atoms with Gasteiger partial charge < -0.3 is 19.2 Å². The number of nitrogens with zero attached hydrogens (tertiary/aromatic N) is 3. The van der Waals surface area contributed by atoms with Gasteiger partial charge in [0.25, 0.3) is 5.91 Å². The maximum absolute atomic E-state index is 12.2. The number of rotatable bonds is 6. The number of carbonyl (C=O) groups excluding carboxylic acids is 1. The van der Waals surface area contributed by atoms with Crippen molar-refractivity contribution in [3.05, 3.63) is 71.2 Å². The maximum atomic E-state index is 12.2. The molecule has 0 unspecified atom stereocenters. The van der Waals surface area contributed by atoms with Crippen LogP contribution in [-0.4, -0.2) is 35.1 Å². The van der Waals surface area contributed by atoms with Crippen molar-refractivity contribution in [2.75, 3.05) is 19.5 Å². The molecule has 2 aromatic heterocycles. The molecule has 0 fully saturated rings. The number of ether oxygens (including phenoxy) is 2. The minimum atomic E-state index is -0.333. The van der Waals surface area contributed by atoms with E-state index in [4.69, 9.17) is 13.9 Å². The summed E-state index contributed by atoms with van der Waals surface area (Å²) in [5.41, 5.74) is 3.08. The van der Waals surface area contributed by atoms with Gasteiger partial charge in [-0.05, 0) is 70.5 Å². The molecule has 0 aliphatic carbocycles. The molecule has 0 atom stereocenters. The number of methoxy groups -OCH3 is 2. The second-order valence-electron chi connectivity index (χ2n) is 6.21. The van der Waals surface area contributed by atoms with Crippen LogP contribution in [-0.2, 0) is 0 Å². The Bertz CT molecular complexity index is 1180. The fraction of sp³-hybridized carbons (Fsp3) is 0.0952. The molecule has 4 rings (SSSR count). The number of hydrogen-bond donors (Lipinski definition) is 1. The molecule has 1 N–H and O–H groups in total. The number of nitrogens with one attached hydrogen (secondary N) is 1. The number of halogens is 1. The van der Waals surface area contributed by atoms with Crippen molar-refractivity contribution >= 4 is 27.5 Å². The first-order valence-electron chi connectivity index (χ1n) is 8.89. The first kappa shape index (κ1) is 19.7. The average Bonchev–Trinajstić information content (AvgIpc) is 3.43. The van der Waals surface area contributed by atoms with Crippen LogP contribution in [0.4, 0.5) is 5.69 Å². The zero-order valence-corrected chi connectivity index (χ0v) is 17.7. The highest BCUT2D eigenvalue weighted by molar-refractivity contribution is 9.10. The van der Waals surface area contributed by atoms with Crippen molar-refractivity contribution in [1.82, 2.24) is 15.0 Å². The lowest BCUT2D eigenvalue weighted by molar-refractivity contribution is 0.0995. The van der Waals surface area contributed by atoms with Gasteiger partial charge in [0.1, 0.15) is 0 Å². The highest BCUT2D eigenvalue weighted by Crippen LogP contribution is 2.32. The standard InChI is InChI=1S/C21H17BrN4O4/c1-28-17-8-3-13(11-19(17)29-2)16-12-23-25-26(16)15-6-4-14(5-7-15)24-21(27)18-9-10-20(22)30-18/h3-12H,1-2H3,(H,24,27). The summed E-state index contributed by atoms with van der Waals surface area (Å²) in [4.78, 5) is 12.2. The van der Waals surface area contributed by atoms with Crippen LogP contribution in [0.2, 0.25) is 0 Å². The van der Waals surface area contributed by atoms with Crippen molar-refractivity contribution in [1.29, 1.82) is 0 Å². The minimum Gasteiger partial charge on any atom is -0.493 e. The highest BCUT2D eigenvalue weighted by atomic mass is 79.9. The van der Waals surface area contributed by atoms with Crippen LogP contribution in [0.15, 0.2) is 69.9 Å². The van der Waals surface area contributed by atoms with Crippen LogP contribution >= 0.6 is 15.9 Å². The molecule has 0 saturated carbocycles. The lowest BCUT2D eigenvalue weighted by atomic mass is 10.1. The van der Waals surface area contributed by atoms with E-state index in [1.54, 1.807) is 49.4 Å². The number of furan rings is 1. The van der Waals surface area contributed by atoms with E-state index < -0.39 is 0 Å². The number of hydrogen-bond acceptors (Lipinski definition) is 6. The summed E-state index contributed by atoms with van der Waals surface area (Å²) in [5, 5.41) is 11.0.